The van der Waals surface area contributed by atoms with Crippen molar-refractivity contribution in [2.75, 3.05) is 18.0 Å². The minimum atomic E-state index is -0.0416. The molecular formula is C15H16N6O. The Bertz CT molecular complexity index is 877. The van der Waals surface area contributed by atoms with Crippen molar-refractivity contribution in [3.8, 4) is 0 Å². The van der Waals surface area contributed by atoms with Crippen LogP contribution in [0.25, 0.3) is 5.52 Å². The normalized spacial score (nSPS) is 15.2. The molecule has 7 heteroatoms. The molecule has 112 valence electrons. The van der Waals surface area contributed by atoms with E-state index in [1.165, 1.54) is 0 Å². The molecule has 0 spiro atoms. The lowest BCUT2D eigenvalue weighted by Crippen LogP contribution is -2.50. The van der Waals surface area contributed by atoms with Crippen molar-refractivity contribution in [3.63, 3.8) is 0 Å². The largest absolute Gasteiger partial charge is 0.354 e. The van der Waals surface area contributed by atoms with Crippen molar-refractivity contribution < 1.29 is 0 Å². The third-order valence-corrected chi connectivity index (χ3v) is 3.99. The number of fused-ring (bicyclic) bond motifs is 1. The van der Waals surface area contributed by atoms with Crippen LogP contribution < -0.4 is 10.5 Å². The Hall–Kier alpha value is -2.70. The smallest absolute Gasteiger partial charge is 0.266 e. The minimum Gasteiger partial charge on any atom is -0.354 e. The fourth-order valence-corrected chi connectivity index (χ4v) is 2.87. The first-order valence-electron chi connectivity index (χ1n) is 7.29. The van der Waals surface area contributed by atoms with Crippen molar-refractivity contribution in [1.29, 1.82) is 0 Å². The predicted molar refractivity (Wildman–Crippen MR) is 81.9 cm³/mol. The van der Waals surface area contributed by atoms with Crippen LogP contribution in [0.3, 0.4) is 0 Å². The topological polar surface area (TPSA) is 68.3 Å². The SMILES string of the molecule is Cc1ccc(=O)n(CC2CN(c3nccn4nccc34)C2)n1. The maximum atomic E-state index is 11.8. The monoisotopic (exact) mass is 296 g/mol. The zero-order valence-electron chi connectivity index (χ0n) is 12.3. The van der Waals surface area contributed by atoms with Crippen LogP contribution in [0.1, 0.15) is 5.69 Å². The van der Waals surface area contributed by atoms with Gasteiger partial charge >= 0.3 is 0 Å². The standard InChI is InChI=1S/C15H16N6O/c1-11-2-3-14(22)21(18-11)10-12-8-19(9-12)15-13-4-5-17-20(13)7-6-16-15/h2-7,12H,8-10H2,1H3. The van der Waals surface area contributed by atoms with Gasteiger partial charge in [0.05, 0.1) is 18.4 Å². The Kier molecular flexibility index (Phi) is 2.92. The van der Waals surface area contributed by atoms with Crippen LogP contribution in [-0.4, -0.2) is 37.5 Å². The first-order valence-corrected chi connectivity index (χ1v) is 7.29. The molecule has 7 nitrogen and oxygen atoms in total. The van der Waals surface area contributed by atoms with Crippen LogP contribution >= 0.6 is 0 Å². The maximum absolute atomic E-state index is 11.8. The molecule has 1 aliphatic rings. The van der Waals surface area contributed by atoms with E-state index >= 15 is 0 Å². The lowest BCUT2D eigenvalue weighted by atomic mass is 10.0. The van der Waals surface area contributed by atoms with Gasteiger partial charge in [-0.05, 0) is 19.1 Å². The van der Waals surface area contributed by atoms with Gasteiger partial charge in [0.2, 0.25) is 0 Å². The highest BCUT2D eigenvalue weighted by Gasteiger charge is 2.29. The molecule has 4 heterocycles. The van der Waals surface area contributed by atoms with E-state index in [9.17, 15) is 4.79 Å². The second-order valence-electron chi connectivity index (χ2n) is 5.68. The van der Waals surface area contributed by atoms with E-state index in [-0.39, 0.29) is 5.56 Å². The lowest BCUT2D eigenvalue weighted by molar-refractivity contribution is 0.332. The lowest BCUT2D eigenvalue weighted by Gasteiger charge is -2.40. The Morgan fingerprint density at radius 3 is 2.95 bits per heavy atom. The Morgan fingerprint density at radius 2 is 2.09 bits per heavy atom. The number of nitrogens with zero attached hydrogens (tertiary/aromatic N) is 6. The van der Waals surface area contributed by atoms with Crippen molar-refractivity contribution in [3.05, 3.63) is 52.8 Å². The van der Waals surface area contributed by atoms with E-state index in [1.807, 2.05) is 23.7 Å². The molecule has 1 aliphatic heterocycles. The molecule has 1 fully saturated rings. The summed E-state index contributed by atoms with van der Waals surface area (Å²) < 4.78 is 3.38. The molecular weight excluding hydrogens is 280 g/mol. The van der Waals surface area contributed by atoms with E-state index in [0.717, 1.165) is 30.1 Å². The predicted octanol–water partition coefficient (Wildman–Crippen LogP) is 0.731. The average Bonchev–Trinajstić information content (AvgIpc) is 2.94. The van der Waals surface area contributed by atoms with Gasteiger partial charge < -0.3 is 4.90 Å². The zero-order valence-corrected chi connectivity index (χ0v) is 12.3. The fourth-order valence-electron chi connectivity index (χ4n) is 2.87. The van der Waals surface area contributed by atoms with Gasteiger partial charge in [-0.1, -0.05) is 0 Å². The van der Waals surface area contributed by atoms with Gasteiger partial charge in [0.1, 0.15) is 5.52 Å². The summed E-state index contributed by atoms with van der Waals surface area (Å²) in [5.41, 5.74) is 1.83. The van der Waals surface area contributed by atoms with Crippen molar-refractivity contribution in [2.45, 2.75) is 13.5 Å². The summed E-state index contributed by atoms with van der Waals surface area (Å²) >= 11 is 0. The van der Waals surface area contributed by atoms with Crippen LogP contribution in [0.15, 0.2) is 41.6 Å². The third kappa shape index (κ3) is 2.14. The van der Waals surface area contributed by atoms with E-state index in [0.29, 0.717) is 12.5 Å². The summed E-state index contributed by atoms with van der Waals surface area (Å²) in [7, 11) is 0. The molecule has 3 aromatic rings. The molecule has 0 atom stereocenters. The Morgan fingerprint density at radius 1 is 1.23 bits per heavy atom. The van der Waals surface area contributed by atoms with E-state index < -0.39 is 0 Å². The molecule has 0 aliphatic carbocycles. The van der Waals surface area contributed by atoms with Gasteiger partial charge in [-0.15, -0.1) is 0 Å². The summed E-state index contributed by atoms with van der Waals surface area (Å²) in [6, 6.07) is 5.28. The minimum absolute atomic E-state index is 0.0416. The van der Waals surface area contributed by atoms with Gasteiger partial charge in [0, 0.05) is 37.5 Å². The van der Waals surface area contributed by atoms with E-state index in [2.05, 4.69) is 20.1 Å². The quantitative estimate of drug-likeness (QED) is 0.713. The van der Waals surface area contributed by atoms with Crippen LogP contribution in [-0.2, 0) is 6.54 Å². The Labute approximate surface area is 126 Å². The van der Waals surface area contributed by atoms with E-state index in [1.54, 1.807) is 29.2 Å². The molecule has 3 aromatic heterocycles. The molecule has 0 aromatic carbocycles. The summed E-state index contributed by atoms with van der Waals surface area (Å²) in [6.45, 7) is 4.30. The van der Waals surface area contributed by atoms with Gasteiger partial charge in [0.25, 0.3) is 5.56 Å². The molecule has 22 heavy (non-hydrogen) atoms. The maximum Gasteiger partial charge on any atom is 0.266 e. The second-order valence-corrected chi connectivity index (χ2v) is 5.68. The molecule has 0 amide bonds. The van der Waals surface area contributed by atoms with Gasteiger partial charge in [-0.3, -0.25) is 4.79 Å². The van der Waals surface area contributed by atoms with Crippen LogP contribution in [0.5, 0.6) is 0 Å². The first-order chi connectivity index (χ1) is 10.7. The summed E-state index contributed by atoms with van der Waals surface area (Å²) in [6.07, 6.45) is 5.37. The second kappa shape index (κ2) is 4.94. The van der Waals surface area contributed by atoms with Crippen LogP contribution in [0, 0.1) is 12.8 Å². The van der Waals surface area contributed by atoms with Crippen molar-refractivity contribution >= 4 is 11.3 Å². The summed E-state index contributed by atoms with van der Waals surface area (Å²) in [5, 5.41) is 8.51. The summed E-state index contributed by atoms with van der Waals surface area (Å²) in [5.74, 6) is 1.36. The van der Waals surface area contributed by atoms with Crippen molar-refractivity contribution in [2.24, 2.45) is 5.92 Å². The zero-order chi connectivity index (χ0) is 15.1. The van der Waals surface area contributed by atoms with Crippen LogP contribution in [0.2, 0.25) is 0 Å². The number of anilines is 1. The van der Waals surface area contributed by atoms with Gasteiger partial charge in [-0.2, -0.15) is 10.2 Å². The number of hydrogen-bond donors (Lipinski definition) is 0. The summed E-state index contributed by atoms with van der Waals surface area (Å²) in [4.78, 5) is 18.5. The fraction of sp³-hybridized carbons (Fsp3) is 0.333. The third-order valence-electron chi connectivity index (χ3n) is 3.99. The number of rotatable bonds is 3. The van der Waals surface area contributed by atoms with E-state index in [4.69, 9.17) is 0 Å². The number of aryl methyl sites for hydroxylation is 1. The molecule has 1 saturated heterocycles. The average molecular weight is 296 g/mol. The highest BCUT2D eigenvalue weighted by molar-refractivity contribution is 5.69. The molecule has 4 rings (SSSR count). The molecule has 0 N–H and O–H groups in total. The molecule has 0 bridgehead atoms. The Balaban J connectivity index is 1.49. The first kappa shape index (κ1) is 13.0. The van der Waals surface area contributed by atoms with Crippen molar-refractivity contribution in [1.82, 2.24) is 24.4 Å². The highest BCUT2D eigenvalue weighted by Crippen LogP contribution is 2.26. The van der Waals surface area contributed by atoms with Gasteiger partial charge in [0.15, 0.2) is 5.82 Å². The number of aromatic nitrogens is 5. The van der Waals surface area contributed by atoms with Crippen LogP contribution in [0.4, 0.5) is 5.82 Å². The molecule has 0 saturated carbocycles. The number of hydrogen-bond acceptors (Lipinski definition) is 5. The molecule has 0 radical (unpaired) electrons. The van der Waals surface area contributed by atoms with Gasteiger partial charge in [-0.25, -0.2) is 14.2 Å². The molecule has 0 unspecified atom stereocenters. The highest BCUT2D eigenvalue weighted by atomic mass is 16.1.